The highest BCUT2D eigenvalue weighted by molar-refractivity contribution is 5.96. The number of aromatic nitrogens is 2. The van der Waals surface area contributed by atoms with Crippen molar-refractivity contribution in [3.05, 3.63) is 70.1 Å². The number of likely N-dealkylation sites (tertiary alicyclic amines) is 1. The standard InChI is InChI=1S/C26H33N3O2/c1-26(2,3)20-12-10-19(11-13-20)24(30)9-6-16-28-17-14-21(15-18-28)29-23-8-5-4-7-22(23)27-25(29)31/h4-5,7-8,10-13,21H,6,9,14-18H2,1-3H3,(H,27,31). The van der Waals surface area contributed by atoms with E-state index in [1.54, 1.807) is 0 Å². The van der Waals surface area contributed by atoms with Crippen LogP contribution in [0.15, 0.2) is 53.3 Å². The summed E-state index contributed by atoms with van der Waals surface area (Å²) in [5, 5.41) is 0. The molecule has 164 valence electrons. The second-order valence-corrected chi connectivity index (χ2v) is 9.74. The van der Waals surface area contributed by atoms with Crippen LogP contribution in [0.25, 0.3) is 11.0 Å². The summed E-state index contributed by atoms with van der Waals surface area (Å²) in [6, 6.07) is 16.2. The molecular weight excluding hydrogens is 386 g/mol. The minimum absolute atomic E-state index is 0.0114. The Balaban J connectivity index is 1.26. The number of fused-ring (bicyclic) bond motifs is 1. The van der Waals surface area contributed by atoms with Crippen LogP contribution < -0.4 is 5.69 Å². The summed E-state index contributed by atoms with van der Waals surface area (Å²) in [5.74, 6) is 0.223. The van der Waals surface area contributed by atoms with E-state index in [0.29, 0.717) is 6.42 Å². The molecule has 2 heterocycles. The van der Waals surface area contributed by atoms with Gasteiger partial charge in [-0.1, -0.05) is 57.2 Å². The van der Waals surface area contributed by atoms with Crippen molar-refractivity contribution >= 4 is 16.8 Å². The Labute approximate surface area is 184 Å². The molecule has 2 aromatic carbocycles. The largest absolute Gasteiger partial charge is 0.326 e. The Morgan fingerprint density at radius 2 is 1.71 bits per heavy atom. The van der Waals surface area contributed by atoms with E-state index < -0.39 is 0 Å². The molecule has 0 saturated carbocycles. The number of carbonyl (C=O) groups excluding carboxylic acids is 1. The van der Waals surface area contributed by atoms with Crippen LogP contribution in [0, 0.1) is 0 Å². The van der Waals surface area contributed by atoms with Crippen LogP contribution in [-0.2, 0) is 5.41 Å². The lowest BCUT2D eigenvalue weighted by molar-refractivity contribution is 0.0970. The molecule has 0 unspecified atom stereocenters. The molecule has 0 spiro atoms. The maximum absolute atomic E-state index is 12.6. The molecule has 1 saturated heterocycles. The summed E-state index contributed by atoms with van der Waals surface area (Å²) in [6.45, 7) is 9.41. The van der Waals surface area contributed by atoms with Gasteiger partial charge in [0.25, 0.3) is 0 Å². The van der Waals surface area contributed by atoms with E-state index in [1.165, 1.54) is 5.56 Å². The van der Waals surface area contributed by atoms with Crippen molar-refractivity contribution in [2.24, 2.45) is 0 Å². The minimum Gasteiger partial charge on any atom is -0.306 e. The first kappa shape index (κ1) is 21.6. The molecule has 1 fully saturated rings. The van der Waals surface area contributed by atoms with E-state index in [9.17, 15) is 9.59 Å². The average molecular weight is 420 g/mol. The zero-order valence-corrected chi connectivity index (χ0v) is 18.9. The number of rotatable bonds is 6. The van der Waals surface area contributed by atoms with Crippen molar-refractivity contribution in [3.63, 3.8) is 0 Å². The fraction of sp³-hybridized carbons (Fsp3) is 0.462. The number of ketones is 1. The molecule has 4 rings (SSSR count). The van der Waals surface area contributed by atoms with Gasteiger partial charge in [0.1, 0.15) is 0 Å². The van der Waals surface area contributed by atoms with Gasteiger partial charge in [0.15, 0.2) is 5.78 Å². The smallest absolute Gasteiger partial charge is 0.306 e. The van der Waals surface area contributed by atoms with E-state index in [0.717, 1.165) is 55.5 Å². The SMILES string of the molecule is CC(C)(C)c1ccc(C(=O)CCCN2CCC(n3c(=O)[nH]c4ccccc43)CC2)cc1. The lowest BCUT2D eigenvalue weighted by Crippen LogP contribution is -2.37. The average Bonchev–Trinajstić information content (AvgIpc) is 3.09. The Morgan fingerprint density at radius 1 is 1.03 bits per heavy atom. The molecular formula is C26H33N3O2. The Kier molecular flexibility index (Phi) is 6.15. The van der Waals surface area contributed by atoms with Gasteiger partial charge in [0, 0.05) is 31.1 Å². The van der Waals surface area contributed by atoms with Gasteiger partial charge >= 0.3 is 5.69 Å². The van der Waals surface area contributed by atoms with Gasteiger partial charge in [-0.15, -0.1) is 0 Å². The third-order valence-electron chi connectivity index (χ3n) is 6.50. The second-order valence-electron chi connectivity index (χ2n) is 9.74. The lowest BCUT2D eigenvalue weighted by atomic mass is 9.86. The molecule has 5 heteroatoms. The van der Waals surface area contributed by atoms with Crippen LogP contribution in [0.5, 0.6) is 0 Å². The number of Topliss-reactive ketones (excluding diaryl/α,β-unsaturated/α-hetero) is 1. The highest BCUT2D eigenvalue weighted by atomic mass is 16.1. The van der Waals surface area contributed by atoms with E-state index >= 15 is 0 Å². The summed E-state index contributed by atoms with van der Waals surface area (Å²) in [6.07, 6.45) is 3.38. The molecule has 31 heavy (non-hydrogen) atoms. The highest BCUT2D eigenvalue weighted by Gasteiger charge is 2.23. The first-order valence-electron chi connectivity index (χ1n) is 11.4. The number of aromatic amines is 1. The molecule has 0 amide bonds. The van der Waals surface area contributed by atoms with Crippen LogP contribution >= 0.6 is 0 Å². The van der Waals surface area contributed by atoms with Crippen LogP contribution in [0.4, 0.5) is 0 Å². The zero-order chi connectivity index (χ0) is 22.0. The van der Waals surface area contributed by atoms with Crippen molar-refractivity contribution in [1.29, 1.82) is 0 Å². The normalized spacial score (nSPS) is 16.1. The highest BCUT2D eigenvalue weighted by Crippen LogP contribution is 2.25. The van der Waals surface area contributed by atoms with E-state index in [4.69, 9.17) is 0 Å². The van der Waals surface area contributed by atoms with Crippen LogP contribution in [0.1, 0.15) is 68.4 Å². The maximum atomic E-state index is 12.6. The number of benzene rings is 2. The number of hydrogen-bond acceptors (Lipinski definition) is 3. The summed E-state index contributed by atoms with van der Waals surface area (Å²) < 4.78 is 1.93. The Bertz CT molecular complexity index is 1090. The van der Waals surface area contributed by atoms with Crippen LogP contribution in [-0.4, -0.2) is 39.9 Å². The van der Waals surface area contributed by atoms with Crippen molar-refractivity contribution in [3.8, 4) is 0 Å². The lowest BCUT2D eigenvalue weighted by Gasteiger charge is -2.32. The Hall–Kier alpha value is -2.66. The van der Waals surface area contributed by atoms with E-state index in [1.807, 2.05) is 41.0 Å². The van der Waals surface area contributed by atoms with Crippen LogP contribution in [0.2, 0.25) is 0 Å². The number of nitrogens with zero attached hydrogens (tertiary/aromatic N) is 2. The molecule has 5 nitrogen and oxygen atoms in total. The maximum Gasteiger partial charge on any atom is 0.326 e. The number of hydrogen-bond donors (Lipinski definition) is 1. The van der Waals surface area contributed by atoms with Gasteiger partial charge < -0.3 is 9.88 Å². The van der Waals surface area contributed by atoms with Crippen molar-refractivity contribution in [1.82, 2.24) is 14.5 Å². The van der Waals surface area contributed by atoms with Gasteiger partial charge in [-0.05, 0) is 48.9 Å². The fourth-order valence-electron chi connectivity index (χ4n) is 4.60. The second kappa shape index (κ2) is 8.83. The minimum atomic E-state index is -0.0114. The Morgan fingerprint density at radius 3 is 2.39 bits per heavy atom. The molecule has 1 aromatic heterocycles. The monoisotopic (exact) mass is 419 g/mol. The number of nitrogens with one attached hydrogen (secondary N) is 1. The molecule has 1 aliphatic heterocycles. The molecule has 0 aliphatic carbocycles. The van der Waals surface area contributed by atoms with E-state index in [-0.39, 0.29) is 22.9 Å². The van der Waals surface area contributed by atoms with Crippen LogP contribution in [0.3, 0.4) is 0 Å². The van der Waals surface area contributed by atoms with Gasteiger partial charge in [-0.3, -0.25) is 9.36 Å². The molecule has 1 aliphatic rings. The van der Waals surface area contributed by atoms with Gasteiger partial charge in [-0.2, -0.15) is 0 Å². The number of carbonyl (C=O) groups is 1. The molecule has 1 N–H and O–H groups in total. The van der Waals surface area contributed by atoms with Gasteiger partial charge in [0.2, 0.25) is 0 Å². The number of piperidine rings is 1. The number of para-hydroxylation sites is 2. The first-order valence-corrected chi connectivity index (χ1v) is 11.4. The third kappa shape index (κ3) is 4.82. The molecule has 0 bridgehead atoms. The van der Waals surface area contributed by atoms with Crippen molar-refractivity contribution in [2.45, 2.75) is 57.9 Å². The first-order chi connectivity index (χ1) is 14.8. The van der Waals surface area contributed by atoms with Gasteiger partial charge in [0.05, 0.1) is 11.0 Å². The van der Waals surface area contributed by atoms with E-state index in [2.05, 4.69) is 42.8 Å². The predicted molar refractivity (Wildman–Crippen MR) is 126 cm³/mol. The summed E-state index contributed by atoms with van der Waals surface area (Å²) in [7, 11) is 0. The quantitative estimate of drug-likeness (QED) is 0.577. The van der Waals surface area contributed by atoms with Gasteiger partial charge in [-0.25, -0.2) is 4.79 Å². The molecule has 0 radical (unpaired) electrons. The summed E-state index contributed by atoms with van der Waals surface area (Å²) in [5.41, 5.74) is 4.05. The topological polar surface area (TPSA) is 58.1 Å². The zero-order valence-electron chi connectivity index (χ0n) is 18.9. The molecule has 3 aromatic rings. The summed E-state index contributed by atoms with van der Waals surface area (Å²) >= 11 is 0. The summed E-state index contributed by atoms with van der Waals surface area (Å²) in [4.78, 5) is 30.4. The number of H-pyrrole nitrogens is 1. The van der Waals surface area contributed by atoms with Crippen molar-refractivity contribution < 1.29 is 4.79 Å². The predicted octanol–water partition coefficient (Wildman–Crippen LogP) is 4.93. The third-order valence-corrected chi connectivity index (χ3v) is 6.50. The van der Waals surface area contributed by atoms with Crippen molar-refractivity contribution in [2.75, 3.05) is 19.6 Å². The fourth-order valence-corrected chi connectivity index (χ4v) is 4.60. The molecule has 0 atom stereocenters. The number of imidazole rings is 1.